The van der Waals surface area contributed by atoms with E-state index in [-0.39, 0.29) is 5.91 Å². The van der Waals surface area contributed by atoms with Gasteiger partial charge in [-0.25, -0.2) is 0 Å². The van der Waals surface area contributed by atoms with E-state index in [1.807, 2.05) is 24.3 Å². The zero-order valence-electron chi connectivity index (χ0n) is 13.5. The number of carbonyl (C=O) groups is 2. The van der Waals surface area contributed by atoms with Gasteiger partial charge in [0.05, 0.1) is 11.3 Å². The number of likely N-dealkylation sites (tertiary alicyclic amines) is 1. The smallest absolute Gasteiger partial charge is 0.308 e. The average molecular weight is 396 g/mol. The molecule has 0 aromatic heterocycles. The number of nitrogens with zero attached hydrogens (tertiary/aromatic N) is 1. The molecule has 2 saturated heterocycles. The van der Waals surface area contributed by atoms with Crippen molar-refractivity contribution in [1.82, 2.24) is 4.90 Å². The zero-order valence-corrected chi connectivity index (χ0v) is 15.1. The fourth-order valence-electron chi connectivity index (χ4n) is 3.80. The summed E-state index contributed by atoms with van der Waals surface area (Å²) in [5.41, 5.74) is 0.380. The molecular formula is C18H22BrNO4. The number of ether oxygens (including phenoxy) is 1. The van der Waals surface area contributed by atoms with Crippen LogP contribution in [0.3, 0.4) is 0 Å². The summed E-state index contributed by atoms with van der Waals surface area (Å²) in [7, 11) is 0. The summed E-state index contributed by atoms with van der Waals surface area (Å²) in [5.74, 6) is -1.21. The third-order valence-electron chi connectivity index (χ3n) is 5.19. The molecule has 1 amide bonds. The van der Waals surface area contributed by atoms with Crippen molar-refractivity contribution in [3.8, 4) is 0 Å². The van der Waals surface area contributed by atoms with Crippen LogP contribution in [0.1, 0.15) is 31.2 Å². The summed E-state index contributed by atoms with van der Waals surface area (Å²) in [6.45, 7) is 2.05. The van der Waals surface area contributed by atoms with Crippen molar-refractivity contribution in [2.75, 3.05) is 26.3 Å². The maximum Gasteiger partial charge on any atom is 0.308 e. The molecule has 2 heterocycles. The second kappa shape index (κ2) is 7.23. The summed E-state index contributed by atoms with van der Waals surface area (Å²) in [5, 5.41) is 9.30. The molecule has 6 heteroatoms. The molecule has 0 radical (unpaired) electrons. The van der Waals surface area contributed by atoms with E-state index in [1.165, 1.54) is 0 Å². The van der Waals surface area contributed by atoms with Gasteiger partial charge in [-0.05, 0) is 43.4 Å². The van der Waals surface area contributed by atoms with Crippen LogP contribution in [0.15, 0.2) is 28.7 Å². The maximum atomic E-state index is 13.4. The van der Waals surface area contributed by atoms with Crippen LogP contribution < -0.4 is 0 Å². The molecule has 5 nitrogen and oxygen atoms in total. The molecule has 1 aromatic carbocycles. The first-order chi connectivity index (χ1) is 11.5. The standard InChI is InChI=1S/C18H22BrNO4/c19-15-5-1-4-14(11-15)18(6-9-24-10-7-18)17(23)20-8-2-3-13(12-20)16(21)22/h1,4-5,11,13H,2-3,6-10,12H2,(H,21,22)/t13-/m0/s1. The second-order valence-electron chi connectivity index (χ2n) is 6.63. The van der Waals surface area contributed by atoms with E-state index < -0.39 is 17.3 Å². The Bertz CT molecular complexity index is 627. The van der Waals surface area contributed by atoms with Gasteiger partial charge < -0.3 is 14.7 Å². The Balaban J connectivity index is 1.91. The molecule has 0 aliphatic carbocycles. The lowest BCUT2D eigenvalue weighted by atomic mass is 9.72. The van der Waals surface area contributed by atoms with Crippen molar-refractivity contribution in [3.63, 3.8) is 0 Å². The molecule has 1 aromatic rings. The maximum absolute atomic E-state index is 13.4. The number of piperidine rings is 1. The van der Waals surface area contributed by atoms with Crippen molar-refractivity contribution < 1.29 is 19.4 Å². The van der Waals surface area contributed by atoms with Crippen LogP contribution in [0, 0.1) is 5.92 Å². The van der Waals surface area contributed by atoms with E-state index in [0.717, 1.165) is 16.5 Å². The molecule has 0 bridgehead atoms. The first-order valence-electron chi connectivity index (χ1n) is 8.39. The molecular weight excluding hydrogens is 374 g/mol. The highest BCUT2D eigenvalue weighted by atomic mass is 79.9. The topological polar surface area (TPSA) is 66.8 Å². The van der Waals surface area contributed by atoms with Crippen molar-refractivity contribution in [2.24, 2.45) is 5.92 Å². The molecule has 1 atom stereocenters. The number of halogens is 1. The van der Waals surface area contributed by atoms with Crippen molar-refractivity contribution in [3.05, 3.63) is 34.3 Å². The number of hydrogen-bond donors (Lipinski definition) is 1. The molecule has 24 heavy (non-hydrogen) atoms. The normalized spacial score (nSPS) is 23.7. The number of aliphatic carboxylic acids is 1. The van der Waals surface area contributed by atoms with Gasteiger partial charge in [-0.2, -0.15) is 0 Å². The van der Waals surface area contributed by atoms with Crippen LogP contribution >= 0.6 is 15.9 Å². The van der Waals surface area contributed by atoms with Crippen LogP contribution in [-0.2, 0) is 19.7 Å². The number of carbonyl (C=O) groups excluding carboxylic acids is 1. The number of carboxylic acid groups (broad SMARTS) is 1. The minimum atomic E-state index is -0.809. The Kier molecular flexibility index (Phi) is 5.25. The van der Waals surface area contributed by atoms with Crippen molar-refractivity contribution in [1.29, 1.82) is 0 Å². The molecule has 2 aliphatic heterocycles. The number of rotatable bonds is 3. The SMILES string of the molecule is O=C(O)[C@H]1CCCN(C(=O)C2(c3cccc(Br)c3)CCOCC2)C1. The first kappa shape index (κ1) is 17.4. The lowest BCUT2D eigenvalue weighted by Crippen LogP contribution is -2.53. The molecule has 3 rings (SSSR count). The van der Waals surface area contributed by atoms with Crippen LogP contribution in [0.2, 0.25) is 0 Å². The Labute approximate surface area is 150 Å². The van der Waals surface area contributed by atoms with E-state index in [1.54, 1.807) is 4.90 Å². The largest absolute Gasteiger partial charge is 0.481 e. The minimum Gasteiger partial charge on any atom is -0.481 e. The highest BCUT2D eigenvalue weighted by molar-refractivity contribution is 9.10. The highest BCUT2D eigenvalue weighted by Gasteiger charge is 2.45. The minimum absolute atomic E-state index is 0.0508. The lowest BCUT2D eigenvalue weighted by molar-refractivity contribution is -0.149. The van der Waals surface area contributed by atoms with Crippen LogP contribution in [0.5, 0.6) is 0 Å². The number of carboxylic acids is 1. The Hall–Kier alpha value is -1.40. The highest BCUT2D eigenvalue weighted by Crippen LogP contribution is 2.38. The van der Waals surface area contributed by atoms with Gasteiger partial charge in [0.15, 0.2) is 0 Å². The predicted molar refractivity (Wildman–Crippen MR) is 92.8 cm³/mol. The molecule has 0 saturated carbocycles. The average Bonchev–Trinajstić information content (AvgIpc) is 2.61. The van der Waals surface area contributed by atoms with Crippen LogP contribution in [-0.4, -0.2) is 48.2 Å². The van der Waals surface area contributed by atoms with E-state index in [4.69, 9.17) is 4.74 Å². The van der Waals surface area contributed by atoms with Gasteiger partial charge in [0.1, 0.15) is 0 Å². The quantitative estimate of drug-likeness (QED) is 0.854. The monoisotopic (exact) mass is 395 g/mol. The predicted octanol–water partition coefficient (Wildman–Crippen LogP) is 2.82. The van der Waals surface area contributed by atoms with E-state index >= 15 is 0 Å². The van der Waals surface area contributed by atoms with Crippen molar-refractivity contribution in [2.45, 2.75) is 31.1 Å². The van der Waals surface area contributed by atoms with Crippen LogP contribution in [0.25, 0.3) is 0 Å². The number of amides is 1. The number of hydrogen-bond acceptors (Lipinski definition) is 3. The molecule has 0 spiro atoms. The van der Waals surface area contributed by atoms with Gasteiger partial charge in [0, 0.05) is 30.8 Å². The Morgan fingerprint density at radius 1 is 1.29 bits per heavy atom. The van der Waals surface area contributed by atoms with Gasteiger partial charge in [-0.3, -0.25) is 9.59 Å². The molecule has 0 unspecified atom stereocenters. The third-order valence-corrected chi connectivity index (χ3v) is 5.68. The lowest BCUT2D eigenvalue weighted by Gasteiger charge is -2.42. The van der Waals surface area contributed by atoms with E-state index in [9.17, 15) is 14.7 Å². The van der Waals surface area contributed by atoms with Gasteiger partial charge in [-0.15, -0.1) is 0 Å². The van der Waals surface area contributed by atoms with E-state index in [2.05, 4.69) is 15.9 Å². The molecule has 2 aliphatic rings. The zero-order chi connectivity index (χ0) is 17.2. The summed E-state index contributed by atoms with van der Waals surface area (Å²) in [6, 6.07) is 7.89. The summed E-state index contributed by atoms with van der Waals surface area (Å²) < 4.78 is 6.44. The van der Waals surface area contributed by atoms with Crippen molar-refractivity contribution >= 4 is 27.8 Å². The number of benzene rings is 1. The fourth-order valence-corrected chi connectivity index (χ4v) is 4.20. The molecule has 2 fully saturated rings. The fraction of sp³-hybridized carbons (Fsp3) is 0.556. The first-order valence-corrected chi connectivity index (χ1v) is 9.18. The van der Waals surface area contributed by atoms with Gasteiger partial charge in [0.2, 0.25) is 5.91 Å². The van der Waals surface area contributed by atoms with Gasteiger partial charge >= 0.3 is 5.97 Å². The third kappa shape index (κ3) is 3.35. The summed E-state index contributed by atoms with van der Waals surface area (Å²) in [4.78, 5) is 26.5. The van der Waals surface area contributed by atoms with E-state index in [0.29, 0.717) is 45.6 Å². The molecule has 1 N–H and O–H groups in total. The van der Waals surface area contributed by atoms with Gasteiger partial charge in [0.25, 0.3) is 0 Å². The second-order valence-corrected chi connectivity index (χ2v) is 7.55. The van der Waals surface area contributed by atoms with Gasteiger partial charge in [-0.1, -0.05) is 28.1 Å². The Morgan fingerprint density at radius 2 is 2.04 bits per heavy atom. The van der Waals surface area contributed by atoms with Crippen LogP contribution in [0.4, 0.5) is 0 Å². The Morgan fingerprint density at radius 3 is 2.71 bits per heavy atom. The summed E-state index contributed by atoms with van der Waals surface area (Å²) >= 11 is 3.49. The molecule has 130 valence electrons. The summed E-state index contributed by atoms with van der Waals surface area (Å²) in [6.07, 6.45) is 2.66.